The number of hydrogen-bond donors (Lipinski definition) is 1. The number of benzene rings is 1. The summed E-state index contributed by atoms with van der Waals surface area (Å²) in [5, 5.41) is 5.36. The molecule has 1 aromatic heterocycles. The first-order valence-corrected chi connectivity index (χ1v) is 7.09. The van der Waals surface area contributed by atoms with Crippen molar-refractivity contribution >= 4 is 17.1 Å². The molecule has 0 atom stereocenters. The van der Waals surface area contributed by atoms with Crippen molar-refractivity contribution in [1.29, 1.82) is 0 Å². The van der Waals surface area contributed by atoms with Gasteiger partial charge in [-0.05, 0) is 35.5 Å². The van der Waals surface area contributed by atoms with Gasteiger partial charge in [-0.25, -0.2) is 0 Å². The maximum Gasteiger partial charge on any atom is 0.168 e. The lowest BCUT2D eigenvalue weighted by Gasteiger charge is -2.19. The van der Waals surface area contributed by atoms with Crippen LogP contribution in [0.2, 0.25) is 0 Å². The lowest BCUT2D eigenvalue weighted by molar-refractivity contribution is 0.0992. The summed E-state index contributed by atoms with van der Waals surface area (Å²) in [4.78, 5) is 13.5. The lowest BCUT2D eigenvalue weighted by atomic mass is 9.92. The fraction of sp³-hybridized carbons (Fsp3) is 0.267. The maximum atomic E-state index is 12.4. The SMILES string of the molecule is O=C(Cc1cccs1)c1cccc2c1CCNC2. The molecule has 0 saturated heterocycles. The molecule has 18 heavy (non-hydrogen) atoms. The number of ketones is 1. The zero-order chi connectivity index (χ0) is 12.4. The van der Waals surface area contributed by atoms with E-state index in [1.807, 2.05) is 29.6 Å². The Labute approximate surface area is 111 Å². The van der Waals surface area contributed by atoms with Crippen molar-refractivity contribution in [2.45, 2.75) is 19.4 Å². The van der Waals surface area contributed by atoms with E-state index in [-0.39, 0.29) is 5.78 Å². The normalized spacial score (nSPS) is 14.2. The fourth-order valence-electron chi connectivity index (χ4n) is 2.46. The van der Waals surface area contributed by atoms with Crippen LogP contribution in [0.1, 0.15) is 26.4 Å². The summed E-state index contributed by atoms with van der Waals surface area (Å²) in [7, 11) is 0. The molecule has 2 aromatic rings. The summed E-state index contributed by atoms with van der Waals surface area (Å²) in [6.45, 7) is 1.85. The van der Waals surface area contributed by atoms with Crippen molar-refractivity contribution in [1.82, 2.24) is 5.32 Å². The Morgan fingerprint density at radius 2 is 2.22 bits per heavy atom. The van der Waals surface area contributed by atoms with Crippen LogP contribution in [0.15, 0.2) is 35.7 Å². The second-order valence-electron chi connectivity index (χ2n) is 4.55. The average molecular weight is 257 g/mol. The average Bonchev–Trinajstić information content (AvgIpc) is 2.91. The molecule has 2 nitrogen and oxygen atoms in total. The van der Waals surface area contributed by atoms with E-state index in [9.17, 15) is 4.79 Å². The van der Waals surface area contributed by atoms with E-state index in [0.717, 1.165) is 30.0 Å². The Bertz CT molecular complexity index is 560. The molecule has 3 rings (SSSR count). The number of rotatable bonds is 3. The van der Waals surface area contributed by atoms with Gasteiger partial charge < -0.3 is 5.32 Å². The van der Waals surface area contributed by atoms with Gasteiger partial charge in [0.05, 0.1) is 0 Å². The van der Waals surface area contributed by atoms with Crippen molar-refractivity contribution in [2.24, 2.45) is 0 Å². The Morgan fingerprint density at radius 1 is 1.28 bits per heavy atom. The maximum absolute atomic E-state index is 12.4. The van der Waals surface area contributed by atoms with E-state index in [2.05, 4.69) is 11.4 Å². The fourth-order valence-corrected chi connectivity index (χ4v) is 3.16. The highest BCUT2D eigenvalue weighted by Crippen LogP contribution is 2.21. The van der Waals surface area contributed by atoms with Crippen LogP contribution in [0.3, 0.4) is 0 Å². The van der Waals surface area contributed by atoms with Crippen LogP contribution in [0, 0.1) is 0 Å². The van der Waals surface area contributed by atoms with Gasteiger partial charge in [-0.15, -0.1) is 11.3 Å². The summed E-state index contributed by atoms with van der Waals surface area (Å²) in [6.07, 6.45) is 1.49. The number of nitrogens with one attached hydrogen (secondary N) is 1. The second kappa shape index (κ2) is 5.04. The summed E-state index contributed by atoms with van der Waals surface area (Å²) in [5.74, 6) is 0.246. The van der Waals surface area contributed by atoms with Crippen LogP contribution in [0.5, 0.6) is 0 Å². The summed E-state index contributed by atoms with van der Waals surface area (Å²) in [6, 6.07) is 10.1. The first-order chi connectivity index (χ1) is 8.84. The minimum atomic E-state index is 0.246. The highest BCUT2D eigenvalue weighted by molar-refractivity contribution is 7.10. The number of Topliss-reactive ketones (excluding diaryl/α,β-unsaturated/α-hetero) is 1. The van der Waals surface area contributed by atoms with Crippen molar-refractivity contribution in [3.05, 3.63) is 57.3 Å². The molecule has 1 aliphatic heterocycles. The predicted octanol–water partition coefficient (Wildman–Crippen LogP) is 2.82. The summed E-state index contributed by atoms with van der Waals surface area (Å²) in [5.41, 5.74) is 3.44. The molecule has 0 aliphatic carbocycles. The molecule has 2 heterocycles. The second-order valence-corrected chi connectivity index (χ2v) is 5.58. The van der Waals surface area contributed by atoms with E-state index >= 15 is 0 Å². The number of fused-ring (bicyclic) bond motifs is 1. The summed E-state index contributed by atoms with van der Waals surface area (Å²) >= 11 is 1.65. The quantitative estimate of drug-likeness (QED) is 0.857. The minimum Gasteiger partial charge on any atom is -0.312 e. The standard InChI is InChI=1S/C15H15NOS/c17-15(9-12-4-2-8-18-12)14-5-1-3-11-10-16-7-6-13(11)14/h1-5,8,16H,6-7,9-10H2. The van der Waals surface area contributed by atoms with Gasteiger partial charge >= 0.3 is 0 Å². The third kappa shape index (κ3) is 2.24. The van der Waals surface area contributed by atoms with Crippen molar-refractivity contribution < 1.29 is 4.79 Å². The third-order valence-electron chi connectivity index (χ3n) is 3.36. The van der Waals surface area contributed by atoms with Gasteiger partial charge in [0, 0.05) is 23.4 Å². The Morgan fingerprint density at radius 3 is 3.06 bits per heavy atom. The molecular weight excluding hydrogens is 242 g/mol. The van der Waals surface area contributed by atoms with Gasteiger partial charge in [-0.3, -0.25) is 4.79 Å². The van der Waals surface area contributed by atoms with Crippen molar-refractivity contribution in [3.63, 3.8) is 0 Å². The van der Waals surface area contributed by atoms with E-state index in [4.69, 9.17) is 0 Å². The predicted molar refractivity (Wildman–Crippen MR) is 74.2 cm³/mol. The van der Waals surface area contributed by atoms with Crippen LogP contribution in [-0.4, -0.2) is 12.3 Å². The number of carbonyl (C=O) groups is 1. The van der Waals surface area contributed by atoms with Gasteiger partial charge in [0.15, 0.2) is 5.78 Å². The van der Waals surface area contributed by atoms with Gasteiger partial charge in [-0.1, -0.05) is 24.3 Å². The van der Waals surface area contributed by atoms with Gasteiger partial charge in [-0.2, -0.15) is 0 Å². The molecule has 0 amide bonds. The highest BCUT2D eigenvalue weighted by Gasteiger charge is 2.17. The smallest absolute Gasteiger partial charge is 0.168 e. The van der Waals surface area contributed by atoms with E-state index < -0.39 is 0 Å². The first-order valence-electron chi connectivity index (χ1n) is 6.21. The van der Waals surface area contributed by atoms with Crippen LogP contribution < -0.4 is 5.32 Å². The summed E-state index contributed by atoms with van der Waals surface area (Å²) < 4.78 is 0. The molecule has 3 heteroatoms. The number of hydrogen-bond acceptors (Lipinski definition) is 3. The van der Waals surface area contributed by atoms with Crippen molar-refractivity contribution in [3.8, 4) is 0 Å². The number of carbonyl (C=O) groups excluding carboxylic acids is 1. The Hall–Kier alpha value is -1.45. The molecule has 1 aliphatic rings. The van der Waals surface area contributed by atoms with Gasteiger partial charge in [0.2, 0.25) is 0 Å². The monoisotopic (exact) mass is 257 g/mol. The van der Waals surface area contributed by atoms with Gasteiger partial charge in [0.25, 0.3) is 0 Å². The molecule has 0 saturated carbocycles. The molecule has 0 radical (unpaired) electrons. The van der Waals surface area contributed by atoms with Crippen LogP contribution in [0.25, 0.3) is 0 Å². The third-order valence-corrected chi connectivity index (χ3v) is 4.23. The van der Waals surface area contributed by atoms with E-state index in [1.54, 1.807) is 11.3 Å². The van der Waals surface area contributed by atoms with Crippen LogP contribution >= 0.6 is 11.3 Å². The first kappa shape index (κ1) is 11.6. The zero-order valence-corrected chi connectivity index (χ0v) is 10.9. The molecule has 0 bridgehead atoms. The molecule has 1 N–H and O–H groups in total. The Kier molecular flexibility index (Phi) is 3.26. The van der Waals surface area contributed by atoms with E-state index in [1.165, 1.54) is 11.1 Å². The Balaban J connectivity index is 1.89. The van der Waals surface area contributed by atoms with Crippen molar-refractivity contribution in [2.75, 3.05) is 6.54 Å². The minimum absolute atomic E-state index is 0.246. The molecule has 1 aromatic carbocycles. The van der Waals surface area contributed by atoms with Crippen LogP contribution in [-0.2, 0) is 19.4 Å². The van der Waals surface area contributed by atoms with E-state index in [0.29, 0.717) is 6.42 Å². The molecule has 0 spiro atoms. The number of thiophene rings is 1. The molecular formula is C15H15NOS. The van der Waals surface area contributed by atoms with Crippen LogP contribution in [0.4, 0.5) is 0 Å². The highest BCUT2D eigenvalue weighted by atomic mass is 32.1. The lowest BCUT2D eigenvalue weighted by Crippen LogP contribution is -2.25. The topological polar surface area (TPSA) is 29.1 Å². The largest absolute Gasteiger partial charge is 0.312 e. The zero-order valence-electron chi connectivity index (χ0n) is 10.1. The molecule has 0 unspecified atom stereocenters. The molecule has 92 valence electrons. The van der Waals surface area contributed by atoms with Gasteiger partial charge in [0.1, 0.15) is 0 Å². The molecule has 0 fully saturated rings.